The Balaban J connectivity index is 2.13. The Hall–Kier alpha value is -0.120. The molecular weight excluding hydrogens is 224 g/mol. The molecule has 0 radical (unpaired) electrons. The van der Waals surface area contributed by atoms with E-state index in [4.69, 9.17) is 5.11 Å². The average molecular weight is 256 g/mol. The summed E-state index contributed by atoms with van der Waals surface area (Å²) in [6.45, 7) is 9.89. The molecular formula is C15H32N2O. The van der Waals surface area contributed by atoms with Gasteiger partial charge in [-0.25, -0.2) is 0 Å². The van der Waals surface area contributed by atoms with Gasteiger partial charge in [0.25, 0.3) is 0 Å². The van der Waals surface area contributed by atoms with Crippen LogP contribution < -0.4 is 5.32 Å². The van der Waals surface area contributed by atoms with E-state index < -0.39 is 0 Å². The van der Waals surface area contributed by atoms with Crippen LogP contribution in [0.3, 0.4) is 0 Å². The predicted octanol–water partition coefficient (Wildman–Crippen LogP) is 2.25. The average Bonchev–Trinajstić information content (AvgIpc) is 2.39. The van der Waals surface area contributed by atoms with Crippen molar-refractivity contribution >= 4 is 0 Å². The van der Waals surface area contributed by atoms with Crippen molar-refractivity contribution in [2.75, 3.05) is 32.8 Å². The van der Waals surface area contributed by atoms with Gasteiger partial charge in [0.2, 0.25) is 0 Å². The van der Waals surface area contributed by atoms with Crippen LogP contribution in [-0.2, 0) is 0 Å². The molecule has 2 unspecified atom stereocenters. The second-order valence-corrected chi connectivity index (χ2v) is 5.73. The van der Waals surface area contributed by atoms with Crippen molar-refractivity contribution < 1.29 is 5.11 Å². The quantitative estimate of drug-likeness (QED) is 0.621. The molecule has 0 amide bonds. The smallest absolute Gasteiger partial charge is 0.0431 e. The SMILES string of the molecule is CCCN1CCCC(C(C)NCCCCCO)C1. The van der Waals surface area contributed by atoms with Crippen molar-refractivity contribution in [2.24, 2.45) is 5.92 Å². The van der Waals surface area contributed by atoms with Gasteiger partial charge in [-0.05, 0) is 71.0 Å². The molecule has 1 aliphatic rings. The highest BCUT2D eigenvalue weighted by Gasteiger charge is 2.23. The highest BCUT2D eigenvalue weighted by atomic mass is 16.2. The van der Waals surface area contributed by atoms with Gasteiger partial charge in [-0.15, -0.1) is 0 Å². The van der Waals surface area contributed by atoms with Crippen molar-refractivity contribution in [3.05, 3.63) is 0 Å². The molecule has 108 valence electrons. The van der Waals surface area contributed by atoms with E-state index in [2.05, 4.69) is 24.1 Å². The van der Waals surface area contributed by atoms with Gasteiger partial charge < -0.3 is 15.3 Å². The van der Waals surface area contributed by atoms with Crippen molar-refractivity contribution in [3.8, 4) is 0 Å². The summed E-state index contributed by atoms with van der Waals surface area (Å²) >= 11 is 0. The maximum Gasteiger partial charge on any atom is 0.0431 e. The van der Waals surface area contributed by atoms with E-state index in [1.165, 1.54) is 45.3 Å². The van der Waals surface area contributed by atoms with Gasteiger partial charge in [0.1, 0.15) is 0 Å². The Morgan fingerprint density at radius 1 is 1.33 bits per heavy atom. The van der Waals surface area contributed by atoms with E-state index in [1.807, 2.05) is 0 Å². The molecule has 1 aliphatic heterocycles. The van der Waals surface area contributed by atoms with Crippen LogP contribution in [0.5, 0.6) is 0 Å². The van der Waals surface area contributed by atoms with Crippen LogP contribution in [0, 0.1) is 5.92 Å². The lowest BCUT2D eigenvalue weighted by molar-refractivity contribution is 0.151. The van der Waals surface area contributed by atoms with Gasteiger partial charge in [-0.2, -0.15) is 0 Å². The molecule has 3 nitrogen and oxygen atoms in total. The van der Waals surface area contributed by atoms with Crippen LogP contribution in [0.15, 0.2) is 0 Å². The molecule has 2 atom stereocenters. The van der Waals surface area contributed by atoms with Gasteiger partial charge in [-0.3, -0.25) is 0 Å². The van der Waals surface area contributed by atoms with Crippen molar-refractivity contribution in [2.45, 2.75) is 58.4 Å². The fourth-order valence-corrected chi connectivity index (χ4v) is 2.93. The van der Waals surface area contributed by atoms with Gasteiger partial charge in [0.05, 0.1) is 0 Å². The Morgan fingerprint density at radius 2 is 2.17 bits per heavy atom. The topological polar surface area (TPSA) is 35.5 Å². The van der Waals surface area contributed by atoms with E-state index in [0.29, 0.717) is 12.6 Å². The third-order valence-corrected chi connectivity index (χ3v) is 4.09. The fourth-order valence-electron chi connectivity index (χ4n) is 2.93. The molecule has 18 heavy (non-hydrogen) atoms. The normalized spacial score (nSPS) is 23.2. The van der Waals surface area contributed by atoms with Crippen LogP contribution in [0.1, 0.15) is 52.4 Å². The number of hydrogen-bond donors (Lipinski definition) is 2. The molecule has 3 heteroatoms. The first-order chi connectivity index (χ1) is 8.77. The molecule has 0 aromatic rings. The molecule has 1 rings (SSSR count). The van der Waals surface area contributed by atoms with Crippen LogP contribution in [0.25, 0.3) is 0 Å². The van der Waals surface area contributed by atoms with Crippen molar-refractivity contribution in [1.82, 2.24) is 10.2 Å². The van der Waals surface area contributed by atoms with Crippen LogP contribution in [-0.4, -0.2) is 48.8 Å². The number of aliphatic hydroxyl groups excluding tert-OH is 1. The second-order valence-electron chi connectivity index (χ2n) is 5.73. The number of nitrogens with zero attached hydrogens (tertiary/aromatic N) is 1. The zero-order valence-corrected chi connectivity index (χ0v) is 12.3. The van der Waals surface area contributed by atoms with Gasteiger partial charge in [-0.1, -0.05) is 6.92 Å². The van der Waals surface area contributed by atoms with E-state index >= 15 is 0 Å². The van der Waals surface area contributed by atoms with Gasteiger partial charge in [0.15, 0.2) is 0 Å². The highest BCUT2D eigenvalue weighted by molar-refractivity contribution is 4.80. The first-order valence-electron chi connectivity index (χ1n) is 7.84. The second kappa shape index (κ2) is 9.76. The number of piperidine rings is 1. The molecule has 0 saturated carbocycles. The molecule has 0 aromatic carbocycles. The molecule has 1 fully saturated rings. The standard InChI is InChI=1S/C15H32N2O/c1-3-10-17-11-7-8-15(13-17)14(2)16-9-5-4-6-12-18/h14-16,18H,3-13H2,1-2H3. The molecule has 2 N–H and O–H groups in total. The zero-order chi connectivity index (χ0) is 13.2. The first-order valence-corrected chi connectivity index (χ1v) is 7.84. The molecule has 1 heterocycles. The molecule has 0 bridgehead atoms. The monoisotopic (exact) mass is 256 g/mol. The Morgan fingerprint density at radius 3 is 2.89 bits per heavy atom. The number of rotatable bonds is 9. The summed E-state index contributed by atoms with van der Waals surface area (Å²) in [5, 5.41) is 12.4. The molecule has 0 aliphatic carbocycles. The maximum absolute atomic E-state index is 8.73. The Bertz CT molecular complexity index is 197. The number of likely N-dealkylation sites (tertiary alicyclic amines) is 1. The summed E-state index contributed by atoms with van der Waals surface area (Å²) in [6.07, 6.45) is 7.30. The summed E-state index contributed by atoms with van der Waals surface area (Å²) in [6, 6.07) is 0.638. The van der Waals surface area contributed by atoms with E-state index in [1.54, 1.807) is 0 Å². The fraction of sp³-hybridized carbons (Fsp3) is 1.00. The summed E-state index contributed by atoms with van der Waals surface area (Å²) in [4.78, 5) is 2.62. The van der Waals surface area contributed by atoms with Crippen molar-refractivity contribution in [3.63, 3.8) is 0 Å². The van der Waals surface area contributed by atoms with Crippen LogP contribution >= 0.6 is 0 Å². The number of hydrogen-bond acceptors (Lipinski definition) is 3. The first kappa shape index (κ1) is 15.9. The minimum absolute atomic E-state index is 0.337. The third-order valence-electron chi connectivity index (χ3n) is 4.09. The predicted molar refractivity (Wildman–Crippen MR) is 77.9 cm³/mol. The summed E-state index contributed by atoms with van der Waals surface area (Å²) in [5.41, 5.74) is 0. The van der Waals surface area contributed by atoms with Crippen LogP contribution in [0.4, 0.5) is 0 Å². The summed E-state index contributed by atoms with van der Waals surface area (Å²) in [5.74, 6) is 0.822. The third kappa shape index (κ3) is 6.17. The van der Waals surface area contributed by atoms with Gasteiger partial charge >= 0.3 is 0 Å². The number of aliphatic hydroxyl groups is 1. The summed E-state index contributed by atoms with van der Waals surface area (Å²) in [7, 11) is 0. The van der Waals surface area contributed by atoms with Crippen LogP contribution in [0.2, 0.25) is 0 Å². The minimum Gasteiger partial charge on any atom is -0.396 e. The Kier molecular flexibility index (Phi) is 8.64. The summed E-state index contributed by atoms with van der Waals surface area (Å²) < 4.78 is 0. The lowest BCUT2D eigenvalue weighted by Crippen LogP contribution is -2.44. The minimum atomic E-state index is 0.337. The lowest BCUT2D eigenvalue weighted by atomic mass is 9.91. The Labute approximate surface area is 113 Å². The largest absolute Gasteiger partial charge is 0.396 e. The van der Waals surface area contributed by atoms with Gasteiger partial charge in [0, 0.05) is 19.2 Å². The zero-order valence-electron chi connectivity index (χ0n) is 12.3. The number of unbranched alkanes of at least 4 members (excludes halogenated alkanes) is 2. The maximum atomic E-state index is 8.73. The highest BCUT2D eigenvalue weighted by Crippen LogP contribution is 2.19. The molecule has 0 aromatic heterocycles. The van der Waals surface area contributed by atoms with Crippen molar-refractivity contribution in [1.29, 1.82) is 0 Å². The molecule has 1 saturated heterocycles. The lowest BCUT2D eigenvalue weighted by Gasteiger charge is -2.36. The molecule has 0 spiro atoms. The van der Waals surface area contributed by atoms with E-state index in [0.717, 1.165) is 25.3 Å². The van der Waals surface area contributed by atoms with E-state index in [-0.39, 0.29) is 0 Å². The number of nitrogens with one attached hydrogen (secondary N) is 1. The van der Waals surface area contributed by atoms with E-state index in [9.17, 15) is 0 Å².